The monoisotopic (exact) mass is 571 g/mol. The molecule has 1 aliphatic carbocycles. The van der Waals surface area contributed by atoms with Crippen LogP contribution in [0.15, 0.2) is 53.6 Å². The smallest absolute Gasteiger partial charge is 1.00 e. The molecule has 0 atom stereocenters. The van der Waals surface area contributed by atoms with Gasteiger partial charge in [0.2, 0.25) is 0 Å². The van der Waals surface area contributed by atoms with Crippen LogP contribution in [-0.2, 0) is 37.0 Å². The Bertz CT molecular complexity index is 1250. The van der Waals surface area contributed by atoms with E-state index in [1.54, 1.807) is 5.57 Å². The Morgan fingerprint density at radius 2 is 1.32 bits per heavy atom. The van der Waals surface area contributed by atoms with E-state index < -0.39 is 0 Å². The van der Waals surface area contributed by atoms with Gasteiger partial charge in [-0.15, -0.1) is 33.7 Å². The molecule has 0 saturated heterocycles. The molecule has 0 N–H and O–H groups in total. The van der Waals surface area contributed by atoms with Crippen molar-refractivity contribution in [3.8, 4) is 0 Å². The van der Waals surface area contributed by atoms with E-state index >= 15 is 0 Å². The van der Waals surface area contributed by atoms with E-state index in [9.17, 15) is 0 Å². The van der Waals surface area contributed by atoms with Crippen LogP contribution in [0.2, 0.25) is 0 Å². The molecule has 34 heavy (non-hydrogen) atoms. The summed E-state index contributed by atoms with van der Waals surface area (Å²) in [6, 6.07) is 14.3. The maximum atomic E-state index is 2.46. The van der Waals surface area contributed by atoms with Crippen LogP contribution in [-0.4, -0.2) is 0 Å². The maximum Gasteiger partial charge on any atom is 3.00 e. The van der Waals surface area contributed by atoms with Gasteiger partial charge in [-0.05, 0) is 29.6 Å². The second-order valence-electron chi connectivity index (χ2n) is 12.7. The second-order valence-corrected chi connectivity index (χ2v) is 12.7. The molecule has 3 heteroatoms. The topological polar surface area (TPSA) is 0 Å². The van der Waals surface area contributed by atoms with Gasteiger partial charge in [-0.2, -0.15) is 0 Å². The third-order valence-electron chi connectivity index (χ3n) is 7.06. The summed E-state index contributed by atoms with van der Waals surface area (Å²) >= 11 is 0. The molecule has 0 aromatic heterocycles. The van der Waals surface area contributed by atoms with Gasteiger partial charge in [-0.25, -0.2) is 0 Å². The minimum Gasteiger partial charge on any atom is -1.00 e. The van der Waals surface area contributed by atoms with Gasteiger partial charge in [0.15, 0.2) is 0 Å². The van der Waals surface area contributed by atoms with E-state index in [0.717, 1.165) is 6.42 Å². The fraction of sp³-hybridized carbons (Fsp3) is 0.452. The quantitative estimate of drug-likeness (QED) is 0.392. The molecule has 1 radical (unpaired) electrons. The van der Waals surface area contributed by atoms with Crippen LogP contribution in [0.25, 0.3) is 27.1 Å². The molecule has 0 aliphatic heterocycles. The van der Waals surface area contributed by atoms with Gasteiger partial charge in [0.1, 0.15) is 0 Å². The third-order valence-corrected chi connectivity index (χ3v) is 7.06. The predicted octanol–water partition coefficient (Wildman–Crippen LogP) is 3.46. The number of benzene rings is 2. The number of hydrogen-bond donors (Lipinski definition) is 0. The van der Waals surface area contributed by atoms with E-state index in [1.165, 1.54) is 49.4 Å². The zero-order valence-electron chi connectivity index (χ0n) is 22.5. The third kappa shape index (κ3) is 5.63. The summed E-state index contributed by atoms with van der Waals surface area (Å²) in [6.45, 7) is 23.3. The number of allylic oxidation sites excluding steroid dienone is 4. The Balaban J connectivity index is 0.00000193. The van der Waals surface area contributed by atoms with Crippen molar-refractivity contribution in [1.29, 1.82) is 0 Å². The van der Waals surface area contributed by atoms with Crippen LogP contribution in [0.5, 0.6) is 0 Å². The van der Waals surface area contributed by atoms with E-state index in [4.69, 9.17) is 0 Å². The first-order valence-electron chi connectivity index (χ1n) is 11.8. The van der Waals surface area contributed by atoms with Gasteiger partial charge in [0.25, 0.3) is 0 Å². The Labute approximate surface area is 239 Å². The van der Waals surface area contributed by atoms with Gasteiger partial charge >= 0.3 is 26.2 Å². The van der Waals surface area contributed by atoms with Crippen LogP contribution in [0.4, 0.5) is 0 Å². The molecule has 0 bridgehead atoms. The normalized spacial score (nSPS) is 14.6. The van der Waals surface area contributed by atoms with Crippen LogP contribution in [0.1, 0.15) is 92.3 Å². The Kier molecular flexibility index (Phi) is 9.49. The van der Waals surface area contributed by atoms with Gasteiger partial charge in [0.05, 0.1) is 0 Å². The number of hydrogen-bond acceptors (Lipinski definition) is 0. The largest absolute Gasteiger partial charge is 3.00 e. The van der Waals surface area contributed by atoms with Crippen LogP contribution >= 0.6 is 0 Å². The zero-order valence-corrected chi connectivity index (χ0v) is 26.5. The molecule has 4 rings (SSSR count). The van der Waals surface area contributed by atoms with Crippen molar-refractivity contribution in [2.75, 3.05) is 0 Å². The van der Waals surface area contributed by atoms with E-state index in [1.807, 2.05) is 0 Å². The summed E-state index contributed by atoms with van der Waals surface area (Å²) < 4.78 is 0. The molecule has 0 saturated carbocycles. The minimum atomic E-state index is 0. The summed E-state index contributed by atoms with van der Waals surface area (Å²) in [5, 5.41) is 5.56. The average molecular weight is 574 g/mol. The summed E-state index contributed by atoms with van der Waals surface area (Å²) in [4.78, 5) is 0. The minimum absolute atomic E-state index is 0. The Morgan fingerprint density at radius 1 is 0.735 bits per heavy atom. The van der Waals surface area contributed by atoms with Crippen molar-refractivity contribution in [1.82, 2.24) is 0 Å². The molecule has 3 aromatic carbocycles. The molecule has 3 aromatic rings. The fourth-order valence-corrected chi connectivity index (χ4v) is 5.00. The summed E-state index contributed by atoms with van der Waals surface area (Å²) in [6.07, 6.45) is 3.51. The van der Waals surface area contributed by atoms with Gasteiger partial charge in [0, 0.05) is 0 Å². The van der Waals surface area contributed by atoms with Crippen molar-refractivity contribution >= 4 is 27.1 Å². The van der Waals surface area contributed by atoms with Crippen molar-refractivity contribution in [3.63, 3.8) is 0 Å². The molecule has 0 heterocycles. The molecule has 0 nitrogen and oxygen atoms in total. The molecule has 0 amide bonds. The molecule has 0 unspecified atom stereocenters. The van der Waals surface area contributed by atoms with Crippen molar-refractivity contribution in [2.45, 2.75) is 86.5 Å². The average Bonchev–Trinajstić information content (AvgIpc) is 3.19. The first-order chi connectivity index (χ1) is 14.2. The SMILES string of the molecule is CC1=C(c2c(C(C)(C)C)ccc3c2[cH-]c2cc(C(C)(C)C)ccc23)CC(C(C)(C)C)=C1.[Cl-].[Cl-].[Zr+3]. The predicted molar refractivity (Wildman–Crippen MR) is 139 cm³/mol. The molecule has 1 aliphatic rings. The summed E-state index contributed by atoms with van der Waals surface area (Å²) in [5.74, 6) is 0. The molecule has 0 spiro atoms. The second kappa shape index (κ2) is 10.3. The van der Waals surface area contributed by atoms with Crippen molar-refractivity contribution in [3.05, 3.63) is 70.3 Å². The maximum absolute atomic E-state index is 2.46. The van der Waals surface area contributed by atoms with Gasteiger partial charge in [-0.1, -0.05) is 126 Å². The van der Waals surface area contributed by atoms with E-state index in [2.05, 4.69) is 112 Å². The Hall–Kier alpha value is -0.747. The van der Waals surface area contributed by atoms with E-state index in [0.29, 0.717) is 0 Å². The van der Waals surface area contributed by atoms with Crippen LogP contribution in [0.3, 0.4) is 0 Å². The van der Waals surface area contributed by atoms with Crippen molar-refractivity contribution in [2.24, 2.45) is 5.41 Å². The van der Waals surface area contributed by atoms with Crippen LogP contribution in [0, 0.1) is 5.41 Å². The molecule has 0 fully saturated rings. The molecular weight excluding hydrogens is 534 g/mol. The zero-order chi connectivity index (χ0) is 22.9. The van der Waals surface area contributed by atoms with Crippen molar-refractivity contribution < 1.29 is 51.0 Å². The number of rotatable bonds is 1. The first-order valence-corrected chi connectivity index (χ1v) is 11.8. The fourth-order valence-electron chi connectivity index (χ4n) is 5.00. The molecular formula is C31H39Cl2Zr. The van der Waals surface area contributed by atoms with Gasteiger partial charge < -0.3 is 24.8 Å². The summed E-state index contributed by atoms with van der Waals surface area (Å²) in [7, 11) is 0. The first kappa shape index (κ1) is 31.3. The van der Waals surface area contributed by atoms with Crippen LogP contribution < -0.4 is 24.8 Å². The standard InChI is InChI=1S/C31H39.2ClH.Zr/c1-19-15-22(30(5,6)7)18-25(19)28-26-17-20-16-21(29(2,3)4)11-12-23(20)24(26)13-14-27(28)31(8,9)10;;;/h11-17H,18H2,1-10H3;2*1H;/q-1;;;+3/p-2. The molecule has 181 valence electrons. The van der Waals surface area contributed by atoms with Gasteiger partial charge in [-0.3, -0.25) is 0 Å². The summed E-state index contributed by atoms with van der Waals surface area (Å²) in [5.41, 5.74) is 9.31. The Morgan fingerprint density at radius 3 is 1.82 bits per heavy atom. The number of halogens is 2. The number of fused-ring (bicyclic) bond motifs is 3. The van der Waals surface area contributed by atoms with E-state index in [-0.39, 0.29) is 67.3 Å².